The molecular weight excluding hydrogens is 786 g/mol. The first-order valence-corrected chi connectivity index (χ1v) is 16.5. The number of esters is 1. The Morgan fingerprint density at radius 2 is 1.59 bits per heavy atom. The lowest BCUT2D eigenvalue weighted by Crippen LogP contribution is -2.19. The summed E-state index contributed by atoms with van der Waals surface area (Å²) in [5.41, 5.74) is 5.79. The lowest BCUT2D eigenvalue weighted by molar-refractivity contribution is 0.0732. The van der Waals surface area contributed by atoms with Crippen molar-refractivity contribution in [1.82, 2.24) is 10.4 Å². The summed E-state index contributed by atoms with van der Waals surface area (Å²) in [5.74, 6) is 0.674. The Morgan fingerprint density at radius 3 is 2.30 bits per heavy atom. The summed E-state index contributed by atoms with van der Waals surface area (Å²) >= 11 is 10.6. The van der Waals surface area contributed by atoms with E-state index in [0.717, 1.165) is 15.4 Å². The van der Waals surface area contributed by atoms with Crippen LogP contribution in [0.1, 0.15) is 40.3 Å². The molecule has 1 heterocycles. The van der Waals surface area contributed by atoms with Crippen LogP contribution in [0, 0.1) is 0 Å². The van der Waals surface area contributed by atoms with Gasteiger partial charge in [-0.1, -0.05) is 62.2 Å². The average molecular weight is 814 g/mol. The molecule has 0 bridgehead atoms. The minimum absolute atomic E-state index is 0.210. The number of benzene rings is 4. The van der Waals surface area contributed by atoms with Gasteiger partial charge in [-0.05, 0) is 77.8 Å². The molecule has 0 aliphatic rings. The lowest BCUT2D eigenvalue weighted by Gasteiger charge is -2.13. The van der Waals surface area contributed by atoms with E-state index in [0.29, 0.717) is 61.7 Å². The van der Waals surface area contributed by atoms with Crippen LogP contribution >= 0.6 is 47.8 Å². The van der Waals surface area contributed by atoms with E-state index in [1.54, 1.807) is 37.4 Å². The largest absolute Gasteiger partial charge is 0.495 e. The van der Waals surface area contributed by atoms with Gasteiger partial charge in [0.15, 0.2) is 17.2 Å². The number of nitrogens with one attached hydrogen (secondary N) is 2. The Balaban J connectivity index is 1.45. The molecule has 5 rings (SSSR count). The third-order valence-electron chi connectivity index (χ3n) is 6.76. The van der Waals surface area contributed by atoms with Crippen molar-refractivity contribution in [2.75, 3.05) is 20.3 Å². The van der Waals surface area contributed by atoms with Crippen molar-refractivity contribution in [2.24, 2.45) is 5.10 Å². The molecule has 0 atom stereocenters. The number of rotatable bonds is 11. The van der Waals surface area contributed by atoms with Crippen molar-refractivity contribution in [3.8, 4) is 34.1 Å². The standard InChI is InChI=1S/C34H28Br3N3O6/c1-4-44-25-13-11-20(16-27(25)45-5-2)34(42)46-32-21(15-22(35)17-24(32)37)18-38-40-33(41)31-28(19-9-7-6-8-10-19)29-23(36)12-14-26(43-3)30(29)39-31/h6-18,39H,4-5H2,1-3H3,(H,40,41). The minimum atomic E-state index is -0.615. The van der Waals surface area contributed by atoms with E-state index in [4.69, 9.17) is 18.9 Å². The van der Waals surface area contributed by atoms with Gasteiger partial charge in [-0.15, -0.1) is 0 Å². The van der Waals surface area contributed by atoms with Crippen LogP contribution in [0.15, 0.2) is 91.3 Å². The fourth-order valence-electron chi connectivity index (χ4n) is 4.80. The van der Waals surface area contributed by atoms with Gasteiger partial charge >= 0.3 is 5.97 Å². The number of carbonyl (C=O) groups is 2. The van der Waals surface area contributed by atoms with E-state index in [2.05, 4.69) is 63.3 Å². The summed E-state index contributed by atoms with van der Waals surface area (Å²) in [6, 6.07) is 21.6. The molecule has 0 unspecified atom stereocenters. The van der Waals surface area contributed by atoms with Crippen LogP contribution in [-0.2, 0) is 0 Å². The zero-order chi connectivity index (χ0) is 32.8. The first-order valence-electron chi connectivity index (χ1n) is 14.1. The van der Waals surface area contributed by atoms with Gasteiger partial charge in [0.1, 0.15) is 11.4 Å². The maximum atomic E-state index is 13.6. The van der Waals surface area contributed by atoms with Gasteiger partial charge in [0.2, 0.25) is 0 Å². The molecular formula is C34H28Br3N3O6. The number of halogens is 3. The van der Waals surface area contributed by atoms with E-state index in [-0.39, 0.29) is 11.3 Å². The van der Waals surface area contributed by atoms with Crippen LogP contribution in [0.2, 0.25) is 0 Å². The number of hydrogen-bond donors (Lipinski definition) is 2. The van der Waals surface area contributed by atoms with Gasteiger partial charge < -0.3 is 23.9 Å². The average Bonchev–Trinajstić information content (AvgIpc) is 3.46. The summed E-state index contributed by atoms with van der Waals surface area (Å²) in [5, 5.41) is 5.02. The number of nitrogens with zero attached hydrogens (tertiary/aromatic N) is 1. The van der Waals surface area contributed by atoms with Crippen LogP contribution in [0.5, 0.6) is 23.0 Å². The second-order valence-corrected chi connectivity index (χ2v) is 12.3. The molecule has 0 aliphatic carbocycles. The van der Waals surface area contributed by atoms with Crippen LogP contribution in [0.25, 0.3) is 22.0 Å². The smallest absolute Gasteiger partial charge is 0.343 e. The molecule has 46 heavy (non-hydrogen) atoms. The topological polar surface area (TPSA) is 111 Å². The highest BCUT2D eigenvalue weighted by molar-refractivity contribution is 9.11. The molecule has 0 fully saturated rings. The Bertz CT molecular complexity index is 1940. The maximum Gasteiger partial charge on any atom is 0.343 e. The number of hydrogen-bond acceptors (Lipinski definition) is 7. The van der Waals surface area contributed by atoms with E-state index in [1.807, 2.05) is 56.3 Å². The lowest BCUT2D eigenvalue weighted by atomic mass is 10.0. The molecule has 9 nitrogen and oxygen atoms in total. The predicted molar refractivity (Wildman–Crippen MR) is 189 cm³/mol. The molecule has 0 radical (unpaired) electrons. The zero-order valence-electron chi connectivity index (χ0n) is 25.0. The van der Waals surface area contributed by atoms with Crippen molar-refractivity contribution in [3.05, 3.63) is 103 Å². The maximum absolute atomic E-state index is 13.6. The summed E-state index contributed by atoms with van der Waals surface area (Å²) in [6.07, 6.45) is 1.40. The molecule has 0 saturated heterocycles. The Morgan fingerprint density at radius 1 is 0.870 bits per heavy atom. The van der Waals surface area contributed by atoms with Gasteiger partial charge in [-0.3, -0.25) is 4.79 Å². The van der Waals surface area contributed by atoms with Gasteiger partial charge in [0.25, 0.3) is 5.91 Å². The molecule has 12 heteroatoms. The number of fused-ring (bicyclic) bond motifs is 1. The molecule has 1 amide bonds. The van der Waals surface area contributed by atoms with Crippen LogP contribution in [0.4, 0.5) is 0 Å². The molecule has 1 aromatic heterocycles. The highest BCUT2D eigenvalue weighted by Gasteiger charge is 2.23. The summed E-state index contributed by atoms with van der Waals surface area (Å²) in [4.78, 5) is 30.1. The Hall–Kier alpha value is -4.13. The van der Waals surface area contributed by atoms with Crippen LogP contribution < -0.4 is 24.4 Å². The third-order valence-corrected chi connectivity index (χ3v) is 8.46. The Kier molecular flexibility index (Phi) is 10.8. The Labute approximate surface area is 290 Å². The number of methoxy groups -OCH3 is 1. The molecule has 0 spiro atoms. The summed E-state index contributed by atoms with van der Waals surface area (Å²) in [6.45, 7) is 4.57. The normalized spacial score (nSPS) is 11.1. The molecule has 0 saturated carbocycles. The SMILES string of the molecule is CCOc1ccc(C(=O)Oc2c(Br)cc(Br)cc2C=NNC(=O)c2[nH]c3c(OC)ccc(Br)c3c2-c2ccccc2)cc1OCC. The molecule has 5 aromatic rings. The van der Waals surface area contributed by atoms with Gasteiger partial charge in [-0.25, -0.2) is 10.2 Å². The van der Waals surface area contributed by atoms with Gasteiger partial charge in [0, 0.05) is 25.5 Å². The van der Waals surface area contributed by atoms with E-state index >= 15 is 0 Å². The predicted octanol–water partition coefficient (Wildman–Crippen LogP) is 8.91. The zero-order valence-corrected chi connectivity index (χ0v) is 29.7. The van der Waals surface area contributed by atoms with Crippen molar-refractivity contribution >= 4 is 76.8 Å². The highest BCUT2D eigenvalue weighted by Crippen LogP contribution is 2.41. The quantitative estimate of drug-likeness (QED) is 0.0597. The molecule has 2 N–H and O–H groups in total. The van der Waals surface area contributed by atoms with Crippen molar-refractivity contribution < 1.29 is 28.5 Å². The van der Waals surface area contributed by atoms with Crippen LogP contribution in [0.3, 0.4) is 0 Å². The monoisotopic (exact) mass is 811 g/mol. The third kappa shape index (κ3) is 7.14. The number of carbonyl (C=O) groups excluding carboxylic acids is 2. The highest BCUT2D eigenvalue weighted by atomic mass is 79.9. The number of H-pyrrole nitrogens is 1. The second kappa shape index (κ2) is 15.0. The first kappa shape index (κ1) is 33.2. The molecule has 0 aliphatic heterocycles. The number of aromatic amines is 1. The summed E-state index contributed by atoms with van der Waals surface area (Å²) in [7, 11) is 1.57. The first-order chi connectivity index (χ1) is 22.2. The van der Waals surface area contributed by atoms with E-state index in [9.17, 15) is 9.59 Å². The fourth-order valence-corrected chi connectivity index (χ4v) is 6.67. The van der Waals surface area contributed by atoms with E-state index < -0.39 is 11.9 Å². The van der Waals surface area contributed by atoms with Crippen molar-refractivity contribution in [2.45, 2.75) is 13.8 Å². The molecule has 4 aromatic carbocycles. The van der Waals surface area contributed by atoms with Crippen molar-refractivity contribution in [1.29, 1.82) is 0 Å². The summed E-state index contributed by atoms with van der Waals surface area (Å²) < 4.78 is 24.6. The second-order valence-electron chi connectivity index (χ2n) is 9.66. The number of aromatic nitrogens is 1. The van der Waals surface area contributed by atoms with Gasteiger partial charge in [-0.2, -0.15) is 5.10 Å². The molecule has 236 valence electrons. The van der Waals surface area contributed by atoms with E-state index in [1.165, 1.54) is 6.21 Å². The van der Waals surface area contributed by atoms with Gasteiger partial charge in [0.05, 0.1) is 42.1 Å². The number of hydrazone groups is 1. The number of amides is 1. The van der Waals surface area contributed by atoms with Crippen molar-refractivity contribution in [3.63, 3.8) is 0 Å². The number of ether oxygens (including phenoxy) is 4. The fraction of sp³-hybridized carbons (Fsp3) is 0.147. The van der Waals surface area contributed by atoms with Crippen LogP contribution in [-0.4, -0.2) is 43.4 Å². The minimum Gasteiger partial charge on any atom is -0.495 e.